The second-order valence-electron chi connectivity index (χ2n) is 7.57. The van der Waals surface area contributed by atoms with E-state index in [1.165, 1.54) is 0 Å². The van der Waals surface area contributed by atoms with Crippen molar-refractivity contribution in [2.75, 3.05) is 39.6 Å². The SMILES string of the molecule is CCOC(=O)CC(C)CO[C@H]1CO[C@H]2[C@@H]1OC[C@H]2OCC(C)CC(=O)OCC. The maximum Gasteiger partial charge on any atom is 0.306 e. The molecule has 2 fully saturated rings. The highest BCUT2D eigenvalue weighted by molar-refractivity contribution is 5.69. The molecule has 0 aromatic rings. The second-order valence-corrected chi connectivity index (χ2v) is 7.57. The number of fused-ring (bicyclic) bond motifs is 1. The Morgan fingerprint density at radius 3 is 1.57 bits per heavy atom. The van der Waals surface area contributed by atoms with Gasteiger partial charge in [0.15, 0.2) is 0 Å². The Bertz CT molecular complexity index is 453. The highest BCUT2D eigenvalue weighted by atomic mass is 16.6. The fourth-order valence-electron chi connectivity index (χ4n) is 3.42. The number of rotatable bonds is 12. The van der Waals surface area contributed by atoms with Crippen LogP contribution in [-0.4, -0.2) is 76.0 Å². The summed E-state index contributed by atoms with van der Waals surface area (Å²) in [5.74, 6) is -0.283. The van der Waals surface area contributed by atoms with Gasteiger partial charge >= 0.3 is 11.9 Å². The number of carbonyl (C=O) groups is 2. The smallest absolute Gasteiger partial charge is 0.306 e. The van der Waals surface area contributed by atoms with Crippen molar-refractivity contribution < 1.29 is 38.0 Å². The largest absolute Gasteiger partial charge is 0.466 e. The van der Waals surface area contributed by atoms with E-state index in [0.717, 1.165) is 0 Å². The van der Waals surface area contributed by atoms with Gasteiger partial charge in [0.05, 0.1) is 52.5 Å². The van der Waals surface area contributed by atoms with Crippen LogP contribution in [0.15, 0.2) is 0 Å². The van der Waals surface area contributed by atoms with Gasteiger partial charge in [-0.15, -0.1) is 0 Å². The molecule has 0 spiro atoms. The van der Waals surface area contributed by atoms with E-state index >= 15 is 0 Å². The van der Waals surface area contributed by atoms with Crippen LogP contribution in [0.4, 0.5) is 0 Å². The van der Waals surface area contributed by atoms with E-state index in [1.807, 2.05) is 13.8 Å². The standard InChI is InChI=1S/C20H34O8/c1-5-23-17(21)7-13(3)9-25-15-11-27-20-16(12-28-19(15)20)26-10-14(4)8-18(22)24-6-2/h13-16,19-20H,5-12H2,1-4H3/t13?,14?,15-,16+,19-,20-/m1/s1. The van der Waals surface area contributed by atoms with Gasteiger partial charge in [0.25, 0.3) is 0 Å². The third-order valence-electron chi connectivity index (χ3n) is 4.79. The maximum atomic E-state index is 11.5. The Hall–Kier alpha value is -1.22. The first-order valence-corrected chi connectivity index (χ1v) is 10.2. The maximum absolute atomic E-state index is 11.5. The molecule has 0 aromatic heterocycles. The average molecular weight is 402 g/mol. The summed E-state index contributed by atoms with van der Waals surface area (Å²) in [6, 6.07) is 0. The number of esters is 2. The molecule has 0 saturated carbocycles. The summed E-state index contributed by atoms with van der Waals surface area (Å²) in [4.78, 5) is 23.1. The summed E-state index contributed by atoms with van der Waals surface area (Å²) in [7, 11) is 0. The molecule has 0 aliphatic carbocycles. The predicted molar refractivity (Wildman–Crippen MR) is 99.8 cm³/mol. The van der Waals surface area contributed by atoms with E-state index in [9.17, 15) is 9.59 Å². The number of carbonyl (C=O) groups excluding carboxylic acids is 2. The molecule has 162 valence electrons. The molecule has 2 aliphatic rings. The minimum absolute atomic E-state index is 0.0651. The zero-order valence-electron chi connectivity index (χ0n) is 17.4. The molecule has 2 rings (SSSR count). The summed E-state index contributed by atoms with van der Waals surface area (Å²) in [6.45, 7) is 10.1. The van der Waals surface area contributed by atoms with Crippen LogP contribution in [0.25, 0.3) is 0 Å². The molecule has 2 heterocycles. The number of ether oxygens (including phenoxy) is 6. The minimum atomic E-state index is -0.207. The van der Waals surface area contributed by atoms with E-state index < -0.39 is 0 Å². The zero-order valence-corrected chi connectivity index (χ0v) is 17.4. The van der Waals surface area contributed by atoms with E-state index in [4.69, 9.17) is 28.4 Å². The summed E-state index contributed by atoms with van der Waals surface area (Å²) in [5, 5.41) is 0. The molecule has 0 N–H and O–H groups in total. The lowest BCUT2D eigenvalue weighted by atomic mass is 10.1. The van der Waals surface area contributed by atoms with E-state index in [2.05, 4.69) is 0 Å². The van der Waals surface area contributed by atoms with Crippen molar-refractivity contribution in [1.29, 1.82) is 0 Å². The van der Waals surface area contributed by atoms with Crippen LogP contribution in [-0.2, 0) is 38.0 Å². The zero-order chi connectivity index (χ0) is 20.5. The Labute approximate surface area is 167 Å². The lowest BCUT2D eigenvalue weighted by molar-refractivity contribution is -0.145. The van der Waals surface area contributed by atoms with E-state index in [0.29, 0.717) is 52.5 Å². The molecule has 0 bridgehead atoms. The van der Waals surface area contributed by atoms with E-state index in [1.54, 1.807) is 13.8 Å². The van der Waals surface area contributed by atoms with Gasteiger partial charge in [-0.3, -0.25) is 9.59 Å². The highest BCUT2D eigenvalue weighted by Crippen LogP contribution is 2.31. The van der Waals surface area contributed by atoms with E-state index in [-0.39, 0.29) is 48.2 Å². The molecule has 0 aromatic carbocycles. The topological polar surface area (TPSA) is 89.5 Å². The quantitative estimate of drug-likeness (QED) is 0.456. The lowest BCUT2D eigenvalue weighted by Crippen LogP contribution is -2.35. The Morgan fingerprint density at radius 2 is 1.21 bits per heavy atom. The van der Waals surface area contributed by atoms with Gasteiger partial charge < -0.3 is 28.4 Å². The van der Waals surface area contributed by atoms with Crippen LogP contribution in [0.5, 0.6) is 0 Å². The van der Waals surface area contributed by atoms with Crippen molar-refractivity contribution in [1.82, 2.24) is 0 Å². The molecule has 28 heavy (non-hydrogen) atoms. The summed E-state index contributed by atoms with van der Waals surface area (Å²) >= 11 is 0. The van der Waals surface area contributed by atoms with Gasteiger partial charge in [0.1, 0.15) is 24.4 Å². The third-order valence-corrected chi connectivity index (χ3v) is 4.79. The first kappa shape index (κ1) is 23.1. The lowest BCUT2D eigenvalue weighted by Gasteiger charge is -2.20. The Kier molecular flexibility index (Phi) is 9.64. The van der Waals surface area contributed by atoms with Crippen molar-refractivity contribution in [3.63, 3.8) is 0 Å². The van der Waals surface area contributed by atoms with Crippen LogP contribution < -0.4 is 0 Å². The van der Waals surface area contributed by atoms with Crippen LogP contribution in [0, 0.1) is 11.8 Å². The van der Waals surface area contributed by atoms with Gasteiger partial charge in [0, 0.05) is 0 Å². The molecule has 0 amide bonds. The number of hydrogen-bond acceptors (Lipinski definition) is 8. The monoisotopic (exact) mass is 402 g/mol. The van der Waals surface area contributed by atoms with Crippen molar-refractivity contribution in [2.24, 2.45) is 11.8 Å². The highest BCUT2D eigenvalue weighted by Gasteiger charge is 2.49. The van der Waals surface area contributed by atoms with Crippen molar-refractivity contribution in [2.45, 2.75) is 65.0 Å². The van der Waals surface area contributed by atoms with Gasteiger partial charge in [-0.1, -0.05) is 13.8 Å². The molecule has 2 saturated heterocycles. The van der Waals surface area contributed by atoms with Crippen LogP contribution in [0.2, 0.25) is 0 Å². The molecule has 8 nitrogen and oxygen atoms in total. The summed E-state index contributed by atoms with van der Waals surface area (Å²) < 4.78 is 33.5. The average Bonchev–Trinajstić information content (AvgIpc) is 3.21. The second kappa shape index (κ2) is 11.7. The molecular formula is C20H34O8. The van der Waals surface area contributed by atoms with Crippen molar-refractivity contribution in [3.8, 4) is 0 Å². The van der Waals surface area contributed by atoms with Gasteiger partial charge in [-0.2, -0.15) is 0 Å². The molecular weight excluding hydrogens is 368 g/mol. The summed E-state index contributed by atoms with van der Waals surface area (Å²) in [6.07, 6.45) is 0.00157. The van der Waals surface area contributed by atoms with Gasteiger partial charge in [-0.25, -0.2) is 0 Å². The molecule has 2 unspecified atom stereocenters. The predicted octanol–water partition coefficient (Wildman–Crippen LogP) is 1.73. The van der Waals surface area contributed by atoms with Crippen LogP contribution in [0.3, 0.4) is 0 Å². The van der Waals surface area contributed by atoms with Crippen molar-refractivity contribution in [3.05, 3.63) is 0 Å². The number of hydrogen-bond donors (Lipinski definition) is 0. The van der Waals surface area contributed by atoms with Crippen LogP contribution in [0.1, 0.15) is 40.5 Å². The third kappa shape index (κ3) is 6.99. The fraction of sp³-hybridized carbons (Fsp3) is 0.900. The molecule has 8 heteroatoms. The Morgan fingerprint density at radius 1 is 0.821 bits per heavy atom. The van der Waals surface area contributed by atoms with Crippen molar-refractivity contribution >= 4 is 11.9 Å². The van der Waals surface area contributed by atoms with Crippen LogP contribution >= 0.6 is 0 Å². The fourth-order valence-corrected chi connectivity index (χ4v) is 3.42. The van der Waals surface area contributed by atoms with Gasteiger partial charge in [-0.05, 0) is 25.7 Å². The molecule has 0 radical (unpaired) electrons. The van der Waals surface area contributed by atoms with Gasteiger partial charge in [0.2, 0.25) is 0 Å². The summed E-state index contributed by atoms with van der Waals surface area (Å²) in [5.41, 5.74) is 0. The molecule has 2 aliphatic heterocycles. The first-order chi connectivity index (χ1) is 13.4. The normalized spacial score (nSPS) is 28.6. The Balaban J connectivity index is 1.69. The first-order valence-electron chi connectivity index (χ1n) is 10.2. The molecule has 6 atom stereocenters. The minimum Gasteiger partial charge on any atom is -0.466 e.